The topological polar surface area (TPSA) is 26.0 Å². The van der Waals surface area contributed by atoms with Crippen molar-refractivity contribution in [1.29, 1.82) is 0 Å². The van der Waals surface area contributed by atoms with E-state index in [1.807, 2.05) is 49.4 Å². The Balaban J connectivity index is 2.32. The first kappa shape index (κ1) is 11.8. The number of benzene rings is 2. The third-order valence-corrected chi connectivity index (χ3v) is 2.68. The fraction of sp³-hybridized carbons (Fsp3) is 0.200. The normalized spacial score (nSPS) is 12.4. The average Bonchev–Trinajstić information content (AvgIpc) is 2.29. The maximum Gasteiger partial charge on any atom is 0.131 e. The van der Waals surface area contributed by atoms with Gasteiger partial charge in [0.15, 0.2) is 0 Å². The van der Waals surface area contributed by atoms with Crippen LogP contribution in [-0.2, 0) is 6.42 Å². The summed E-state index contributed by atoms with van der Waals surface area (Å²) in [6.07, 6.45) is 0.700. The number of rotatable bonds is 3. The molecule has 0 radical (unpaired) electrons. The molecule has 0 bridgehead atoms. The van der Waals surface area contributed by atoms with E-state index in [1.165, 1.54) is 0 Å². The van der Waals surface area contributed by atoms with E-state index in [-0.39, 0.29) is 11.9 Å². The van der Waals surface area contributed by atoms with E-state index in [1.54, 1.807) is 6.07 Å². The highest BCUT2D eigenvalue weighted by molar-refractivity contribution is 5.64. The Kier molecular flexibility index (Phi) is 3.55. The number of nitrogens with two attached hydrogens (primary N) is 1. The van der Waals surface area contributed by atoms with Gasteiger partial charge in [0.1, 0.15) is 5.82 Å². The molecule has 0 aromatic heterocycles. The van der Waals surface area contributed by atoms with Crippen LogP contribution in [0.15, 0.2) is 48.5 Å². The molecule has 2 rings (SSSR count). The zero-order valence-corrected chi connectivity index (χ0v) is 9.86. The van der Waals surface area contributed by atoms with Gasteiger partial charge in [-0.1, -0.05) is 42.5 Å². The lowest BCUT2D eigenvalue weighted by Crippen LogP contribution is -2.17. The van der Waals surface area contributed by atoms with Gasteiger partial charge in [0.2, 0.25) is 0 Å². The Morgan fingerprint density at radius 1 is 1.12 bits per heavy atom. The molecule has 88 valence electrons. The van der Waals surface area contributed by atoms with Crippen LogP contribution in [0.5, 0.6) is 0 Å². The lowest BCUT2D eigenvalue weighted by atomic mass is 10.0. The molecule has 0 amide bonds. The van der Waals surface area contributed by atoms with Crippen molar-refractivity contribution in [2.45, 2.75) is 19.4 Å². The Morgan fingerprint density at radius 2 is 1.82 bits per heavy atom. The third kappa shape index (κ3) is 2.92. The van der Waals surface area contributed by atoms with Crippen molar-refractivity contribution >= 4 is 0 Å². The van der Waals surface area contributed by atoms with E-state index in [4.69, 9.17) is 5.73 Å². The molecule has 17 heavy (non-hydrogen) atoms. The molecule has 1 atom stereocenters. The first-order chi connectivity index (χ1) is 8.16. The lowest BCUT2D eigenvalue weighted by Gasteiger charge is -2.08. The summed E-state index contributed by atoms with van der Waals surface area (Å²) in [6.45, 7) is 1.92. The van der Waals surface area contributed by atoms with Crippen molar-refractivity contribution in [3.63, 3.8) is 0 Å². The maximum absolute atomic E-state index is 13.9. The van der Waals surface area contributed by atoms with Gasteiger partial charge < -0.3 is 5.73 Å². The maximum atomic E-state index is 13.9. The van der Waals surface area contributed by atoms with Gasteiger partial charge in [0, 0.05) is 11.6 Å². The van der Waals surface area contributed by atoms with E-state index in [2.05, 4.69) is 0 Å². The standard InChI is InChI=1S/C15H16FN/c1-11(17)9-12-7-8-14(15(16)10-12)13-5-3-2-4-6-13/h2-8,10-11H,9,17H2,1H3. The molecule has 0 saturated carbocycles. The van der Waals surface area contributed by atoms with Gasteiger partial charge >= 0.3 is 0 Å². The third-order valence-electron chi connectivity index (χ3n) is 2.68. The van der Waals surface area contributed by atoms with Crippen LogP contribution in [-0.4, -0.2) is 6.04 Å². The summed E-state index contributed by atoms with van der Waals surface area (Å²) in [4.78, 5) is 0. The molecule has 1 unspecified atom stereocenters. The van der Waals surface area contributed by atoms with Crippen molar-refractivity contribution in [3.05, 3.63) is 59.9 Å². The van der Waals surface area contributed by atoms with E-state index in [0.717, 1.165) is 11.1 Å². The second kappa shape index (κ2) is 5.11. The average molecular weight is 229 g/mol. The second-order valence-electron chi connectivity index (χ2n) is 4.36. The van der Waals surface area contributed by atoms with Crippen molar-refractivity contribution in [2.75, 3.05) is 0 Å². The van der Waals surface area contributed by atoms with Crippen LogP contribution in [0.25, 0.3) is 11.1 Å². The number of halogens is 1. The van der Waals surface area contributed by atoms with E-state index in [9.17, 15) is 4.39 Å². The highest BCUT2D eigenvalue weighted by Crippen LogP contribution is 2.23. The lowest BCUT2D eigenvalue weighted by molar-refractivity contribution is 0.626. The summed E-state index contributed by atoms with van der Waals surface area (Å²) in [5.41, 5.74) is 8.18. The van der Waals surface area contributed by atoms with Crippen molar-refractivity contribution in [2.24, 2.45) is 5.73 Å². The van der Waals surface area contributed by atoms with Crippen LogP contribution in [0, 0.1) is 5.82 Å². The minimum absolute atomic E-state index is 0.0528. The quantitative estimate of drug-likeness (QED) is 0.857. The van der Waals surface area contributed by atoms with Gasteiger partial charge in [-0.05, 0) is 30.5 Å². The minimum Gasteiger partial charge on any atom is -0.328 e. The fourth-order valence-corrected chi connectivity index (χ4v) is 1.91. The van der Waals surface area contributed by atoms with Crippen molar-refractivity contribution in [3.8, 4) is 11.1 Å². The zero-order chi connectivity index (χ0) is 12.3. The molecule has 2 N–H and O–H groups in total. The molecule has 0 aliphatic heterocycles. The predicted molar refractivity (Wildman–Crippen MR) is 69.2 cm³/mol. The summed E-state index contributed by atoms with van der Waals surface area (Å²) < 4.78 is 13.9. The number of hydrogen-bond donors (Lipinski definition) is 1. The van der Waals surface area contributed by atoms with E-state index >= 15 is 0 Å². The van der Waals surface area contributed by atoms with Gasteiger partial charge in [0.05, 0.1) is 0 Å². The molecule has 0 aliphatic carbocycles. The summed E-state index contributed by atoms with van der Waals surface area (Å²) >= 11 is 0. The van der Waals surface area contributed by atoms with Gasteiger partial charge in [-0.2, -0.15) is 0 Å². The summed E-state index contributed by atoms with van der Waals surface area (Å²) in [6, 6.07) is 14.9. The van der Waals surface area contributed by atoms with Crippen molar-refractivity contribution in [1.82, 2.24) is 0 Å². The molecule has 0 aliphatic rings. The van der Waals surface area contributed by atoms with Crippen LogP contribution in [0.3, 0.4) is 0 Å². The first-order valence-electron chi connectivity index (χ1n) is 5.76. The predicted octanol–water partition coefficient (Wildman–Crippen LogP) is 3.38. The van der Waals surface area contributed by atoms with E-state index < -0.39 is 0 Å². The van der Waals surface area contributed by atoms with Gasteiger partial charge in [0.25, 0.3) is 0 Å². The molecule has 0 fully saturated rings. The first-order valence-corrected chi connectivity index (χ1v) is 5.76. The molecule has 0 heterocycles. The highest BCUT2D eigenvalue weighted by atomic mass is 19.1. The zero-order valence-electron chi connectivity index (χ0n) is 9.86. The van der Waals surface area contributed by atoms with Crippen LogP contribution < -0.4 is 5.73 Å². The Morgan fingerprint density at radius 3 is 2.41 bits per heavy atom. The molecule has 2 aromatic rings. The number of hydrogen-bond acceptors (Lipinski definition) is 1. The molecule has 1 nitrogen and oxygen atoms in total. The van der Waals surface area contributed by atoms with Crippen LogP contribution in [0.1, 0.15) is 12.5 Å². The Hall–Kier alpha value is -1.67. The summed E-state index contributed by atoms with van der Waals surface area (Å²) in [5, 5.41) is 0. The molecule has 0 saturated heterocycles. The van der Waals surface area contributed by atoms with Crippen LogP contribution in [0.4, 0.5) is 4.39 Å². The van der Waals surface area contributed by atoms with Gasteiger partial charge in [-0.25, -0.2) is 4.39 Å². The molecule has 2 aromatic carbocycles. The van der Waals surface area contributed by atoms with Crippen molar-refractivity contribution < 1.29 is 4.39 Å². The molecule has 0 spiro atoms. The Bertz CT molecular complexity index is 492. The van der Waals surface area contributed by atoms with Crippen LogP contribution in [0.2, 0.25) is 0 Å². The minimum atomic E-state index is -0.186. The Labute approximate surface area is 101 Å². The van der Waals surface area contributed by atoms with Gasteiger partial charge in [-0.3, -0.25) is 0 Å². The second-order valence-corrected chi connectivity index (χ2v) is 4.36. The van der Waals surface area contributed by atoms with Crippen LogP contribution >= 0.6 is 0 Å². The fourth-order valence-electron chi connectivity index (χ4n) is 1.91. The highest BCUT2D eigenvalue weighted by Gasteiger charge is 2.06. The molecule has 2 heteroatoms. The summed E-state index contributed by atoms with van der Waals surface area (Å²) in [7, 11) is 0. The largest absolute Gasteiger partial charge is 0.328 e. The summed E-state index contributed by atoms with van der Waals surface area (Å²) in [5.74, 6) is -0.186. The smallest absolute Gasteiger partial charge is 0.131 e. The molecular weight excluding hydrogens is 213 g/mol. The SMILES string of the molecule is CC(N)Cc1ccc(-c2ccccc2)c(F)c1. The molecular formula is C15H16FN. The van der Waals surface area contributed by atoms with E-state index in [0.29, 0.717) is 12.0 Å². The monoisotopic (exact) mass is 229 g/mol. The van der Waals surface area contributed by atoms with Gasteiger partial charge in [-0.15, -0.1) is 0 Å².